The molecule has 0 aliphatic heterocycles. The molecule has 0 saturated heterocycles. The lowest BCUT2D eigenvalue weighted by Crippen LogP contribution is -2.23. The molecular formula is C20H19NO5S. The van der Waals surface area contributed by atoms with Crippen molar-refractivity contribution in [2.45, 2.75) is 24.7 Å². The first kappa shape index (κ1) is 19.0. The fourth-order valence-corrected chi connectivity index (χ4v) is 3.71. The summed E-state index contributed by atoms with van der Waals surface area (Å²) in [5.41, 5.74) is 6.61. The van der Waals surface area contributed by atoms with E-state index in [9.17, 15) is 19.5 Å². The monoisotopic (exact) mass is 385 g/mol. The van der Waals surface area contributed by atoms with E-state index < -0.39 is 17.5 Å². The van der Waals surface area contributed by atoms with Crippen LogP contribution in [0.3, 0.4) is 0 Å². The Morgan fingerprint density at radius 1 is 1.15 bits per heavy atom. The third kappa shape index (κ3) is 3.55. The van der Waals surface area contributed by atoms with Gasteiger partial charge in [-0.1, -0.05) is 37.6 Å². The van der Waals surface area contributed by atoms with Crippen molar-refractivity contribution in [1.29, 1.82) is 0 Å². The molecule has 3 rings (SSSR count). The first-order valence-corrected chi connectivity index (χ1v) is 9.56. The third-order valence-electron chi connectivity index (χ3n) is 4.29. The van der Waals surface area contributed by atoms with Gasteiger partial charge in [0, 0.05) is 16.0 Å². The number of carbonyl (C=O) groups excluding carboxylic acids is 3. The van der Waals surface area contributed by atoms with Crippen LogP contribution in [0, 0.1) is 0 Å². The molecule has 0 spiro atoms. The number of aromatic hydroxyl groups is 1. The van der Waals surface area contributed by atoms with Gasteiger partial charge in [-0.3, -0.25) is 14.4 Å². The second-order valence-electron chi connectivity index (χ2n) is 6.12. The number of esters is 1. The summed E-state index contributed by atoms with van der Waals surface area (Å²) in [4.78, 5) is 37.7. The zero-order chi connectivity index (χ0) is 19.6. The van der Waals surface area contributed by atoms with E-state index in [-0.39, 0.29) is 39.4 Å². The Balaban J connectivity index is 1.90. The Labute approximate surface area is 160 Å². The van der Waals surface area contributed by atoms with Crippen LogP contribution in [0.1, 0.15) is 51.6 Å². The van der Waals surface area contributed by atoms with Gasteiger partial charge in [-0.15, -0.1) is 11.8 Å². The summed E-state index contributed by atoms with van der Waals surface area (Å²) >= 11 is 1.06. The maximum Gasteiger partial charge on any atom is 0.316 e. The van der Waals surface area contributed by atoms with Crippen molar-refractivity contribution in [2.75, 3.05) is 18.1 Å². The van der Waals surface area contributed by atoms with E-state index in [4.69, 9.17) is 10.5 Å². The minimum atomic E-state index is -0.445. The van der Waals surface area contributed by atoms with Gasteiger partial charge in [-0.05, 0) is 12.5 Å². The molecule has 0 heterocycles. The van der Waals surface area contributed by atoms with Crippen LogP contribution in [-0.2, 0) is 9.53 Å². The van der Waals surface area contributed by atoms with Crippen LogP contribution in [0.25, 0.3) is 0 Å². The van der Waals surface area contributed by atoms with E-state index in [2.05, 4.69) is 0 Å². The van der Waals surface area contributed by atoms with Crippen molar-refractivity contribution in [2.24, 2.45) is 0 Å². The molecule has 0 bridgehead atoms. The summed E-state index contributed by atoms with van der Waals surface area (Å²) < 4.78 is 5.09. The number of phenolic OH excluding ortho intramolecular Hbond substituents is 1. The van der Waals surface area contributed by atoms with Crippen molar-refractivity contribution in [1.82, 2.24) is 0 Å². The molecule has 1 aliphatic rings. The molecule has 0 radical (unpaired) electrons. The molecule has 7 heteroatoms. The maximum atomic E-state index is 12.8. The van der Waals surface area contributed by atoms with Gasteiger partial charge >= 0.3 is 5.97 Å². The van der Waals surface area contributed by atoms with Crippen molar-refractivity contribution >= 4 is 35.0 Å². The lowest BCUT2D eigenvalue weighted by atomic mass is 9.83. The Kier molecular flexibility index (Phi) is 5.51. The van der Waals surface area contributed by atoms with Crippen LogP contribution < -0.4 is 5.73 Å². The topological polar surface area (TPSA) is 107 Å². The number of ketones is 2. The molecule has 0 saturated carbocycles. The van der Waals surface area contributed by atoms with Crippen LogP contribution in [0.2, 0.25) is 0 Å². The van der Waals surface area contributed by atoms with Crippen LogP contribution in [-0.4, -0.2) is 35.0 Å². The molecule has 2 aromatic rings. The minimum Gasteiger partial charge on any atom is -0.507 e. The van der Waals surface area contributed by atoms with Gasteiger partial charge in [0.25, 0.3) is 0 Å². The van der Waals surface area contributed by atoms with Crippen LogP contribution in [0.5, 0.6) is 5.75 Å². The average molecular weight is 385 g/mol. The molecule has 27 heavy (non-hydrogen) atoms. The second-order valence-corrected chi connectivity index (χ2v) is 7.14. The highest BCUT2D eigenvalue weighted by Crippen LogP contribution is 2.41. The summed E-state index contributed by atoms with van der Waals surface area (Å²) in [5.74, 6) is -1.60. The number of hydrogen-bond acceptors (Lipinski definition) is 7. The average Bonchev–Trinajstić information content (AvgIpc) is 2.66. The molecule has 6 nitrogen and oxygen atoms in total. The van der Waals surface area contributed by atoms with Crippen molar-refractivity contribution in [3.05, 3.63) is 52.6 Å². The number of rotatable bonds is 6. The fourth-order valence-electron chi connectivity index (χ4n) is 2.90. The summed E-state index contributed by atoms with van der Waals surface area (Å²) in [6.07, 6.45) is 1.71. The predicted octanol–water partition coefficient (Wildman–Crippen LogP) is 3.19. The predicted molar refractivity (Wildman–Crippen MR) is 102 cm³/mol. The number of ether oxygens (including phenoxy) is 1. The molecular weight excluding hydrogens is 366 g/mol. The van der Waals surface area contributed by atoms with Crippen LogP contribution in [0.15, 0.2) is 35.2 Å². The molecule has 0 aromatic heterocycles. The van der Waals surface area contributed by atoms with Gasteiger partial charge in [0.1, 0.15) is 5.75 Å². The van der Waals surface area contributed by atoms with Crippen molar-refractivity contribution in [3.63, 3.8) is 0 Å². The second kappa shape index (κ2) is 7.84. The highest BCUT2D eigenvalue weighted by atomic mass is 32.2. The largest absolute Gasteiger partial charge is 0.507 e. The van der Waals surface area contributed by atoms with E-state index in [1.54, 1.807) is 24.3 Å². The molecule has 3 N–H and O–H groups in total. The van der Waals surface area contributed by atoms with Crippen LogP contribution >= 0.6 is 11.8 Å². The SMILES string of the molecule is CCCCOC(=O)CSc1cc(O)c2c(c1N)C(=O)c1ccccc1C2=O. The van der Waals surface area contributed by atoms with Crippen molar-refractivity contribution < 1.29 is 24.2 Å². The lowest BCUT2D eigenvalue weighted by Gasteiger charge is -2.21. The minimum absolute atomic E-state index is 0.00906. The molecule has 0 atom stereocenters. The number of nitrogen functional groups attached to an aromatic ring is 1. The van der Waals surface area contributed by atoms with E-state index in [0.29, 0.717) is 11.5 Å². The molecule has 140 valence electrons. The number of fused-ring (bicyclic) bond motifs is 2. The number of anilines is 1. The Morgan fingerprint density at radius 2 is 1.78 bits per heavy atom. The van der Waals surface area contributed by atoms with E-state index in [1.807, 2.05) is 6.92 Å². The van der Waals surface area contributed by atoms with Gasteiger partial charge in [-0.2, -0.15) is 0 Å². The maximum absolute atomic E-state index is 12.8. The number of phenols is 1. The summed E-state index contributed by atoms with van der Waals surface area (Å²) in [6, 6.07) is 7.74. The molecule has 0 fully saturated rings. The van der Waals surface area contributed by atoms with Gasteiger partial charge in [0.05, 0.1) is 29.2 Å². The summed E-state index contributed by atoms with van der Waals surface area (Å²) in [7, 11) is 0. The zero-order valence-corrected chi connectivity index (χ0v) is 15.6. The molecule has 0 amide bonds. The zero-order valence-electron chi connectivity index (χ0n) is 14.8. The Hall–Kier alpha value is -2.80. The number of nitrogens with two attached hydrogens (primary N) is 1. The van der Waals surface area contributed by atoms with E-state index >= 15 is 0 Å². The molecule has 2 aromatic carbocycles. The Morgan fingerprint density at radius 3 is 2.41 bits per heavy atom. The smallest absolute Gasteiger partial charge is 0.316 e. The highest BCUT2D eigenvalue weighted by Gasteiger charge is 2.34. The van der Waals surface area contributed by atoms with Crippen molar-refractivity contribution in [3.8, 4) is 5.75 Å². The normalized spacial score (nSPS) is 12.5. The summed E-state index contributed by atoms with van der Waals surface area (Å²) in [6.45, 7) is 2.35. The number of unbranched alkanes of at least 4 members (excludes halogenated alkanes) is 1. The first-order chi connectivity index (χ1) is 13.0. The molecule has 1 aliphatic carbocycles. The first-order valence-electron chi connectivity index (χ1n) is 8.58. The van der Waals surface area contributed by atoms with E-state index in [1.165, 1.54) is 6.07 Å². The summed E-state index contributed by atoms with van der Waals surface area (Å²) in [5, 5.41) is 10.4. The van der Waals surface area contributed by atoms with Gasteiger partial charge in [-0.25, -0.2) is 0 Å². The van der Waals surface area contributed by atoms with Gasteiger partial charge in [0.15, 0.2) is 11.6 Å². The van der Waals surface area contributed by atoms with E-state index in [0.717, 1.165) is 24.6 Å². The number of carbonyl (C=O) groups is 3. The Bertz CT molecular complexity index is 938. The fraction of sp³-hybridized carbons (Fsp3) is 0.250. The van der Waals surface area contributed by atoms with Crippen LogP contribution in [0.4, 0.5) is 5.69 Å². The highest BCUT2D eigenvalue weighted by molar-refractivity contribution is 8.00. The standard InChI is InChI=1S/C20H19NO5S/c1-2-3-8-26-15(23)10-27-14-9-13(22)16-17(18(14)21)20(25)12-7-5-4-6-11(12)19(16)24/h4-7,9,22H,2-3,8,10,21H2,1H3. The number of benzene rings is 2. The third-order valence-corrected chi connectivity index (χ3v) is 5.31. The number of thioether (sulfide) groups is 1. The van der Waals surface area contributed by atoms with Gasteiger partial charge in [0.2, 0.25) is 0 Å². The lowest BCUT2D eigenvalue weighted by molar-refractivity contribution is -0.140. The van der Waals surface area contributed by atoms with Gasteiger partial charge < -0.3 is 15.6 Å². The quantitative estimate of drug-likeness (QED) is 0.221. The number of hydrogen-bond donors (Lipinski definition) is 2. The molecule has 0 unspecified atom stereocenters.